The molecule has 0 aliphatic rings. The normalized spacial score (nSPS) is 10.8. The van der Waals surface area contributed by atoms with Gasteiger partial charge in [0.25, 0.3) is 0 Å². The maximum absolute atomic E-state index is 10.8. The average Bonchev–Trinajstić information content (AvgIpc) is 2.05. The van der Waals surface area contributed by atoms with E-state index in [2.05, 4.69) is 5.32 Å². The molecule has 0 aromatic carbocycles. The van der Waals surface area contributed by atoms with E-state index in [0.29, 0.717) is 0 Å². The number of carbonyl (C=O) groups excluding carboxylic acids is 2. The van der Waals surface area contributed by atoms with Gasteiger partial charge in [0.15, 0.2) is 0 Å². The van der Waals surface area contributed by atoms with E-state index < -0.39 is 0 Å². The van der Waals surface area contributed by atoms with Crippen molar-refractivity contribution in [2.45, 2.75) is 33.7 Å². The molecular weight excluding hydrogens is 174 g/mol. The second kappa shape index (κ2) is 8.59. The summed E-state index contributed by atoms with van der Waals surface area (Å²) >= 11 is 1.12. The van der Waals surface area contributed by atoms with Gasteiger partial charge in [-0.1, -0.05) is 25.6 Å². The Balaban J connectivity index is 0. The molecule has 0 aliphatic carbocycles. The minimum atomic E-state index is -0.368. The number of hydrogen-bond donors (Lipinski definition) is 1. The van der Waals surface area contributed by atoms with Crippen molar-refractivity contribution in [2.24, 2.45) is 0 Å². The fourth-order valence-electron chi connectivity index (χ4n) is 0.541. The highest BCUT2D eigenvalue weighted by atomic mass is 32.2. The summed E-state index contributed by atoms with van der Waals surface area (Å²) in [7, 11) is 0. The zero-order valence-electron chi connectivity index (χ0n) is 8.30. The van der Waals surface area contributed by atoms with Crippen LogP contribution in [0, 0.1) is 0 Å². The molecule has 0 spiro atoms. The predicted molar refractivity (Wildman–Crippen MR) is 53.1 cm³/mol. The van der Waals surface area contributed by atoms with E-state index in [1.54, 1.807) is 13.2 Å². The predicted octanol–water partition coefficient (Wildman–Crippen LogP) is 1.43. The molecule has 72 valence electrons. The Labute approximate surface area is 78.3 Å². The Morgan fingerprint density at radius 3 is 2.00 bits per heavy atom. The molecule has 3 nitrogen and oxygen atoms in total. The lowest BCUT2D eigenvalue weighted by Crippen LogP contribution is -2.35. The summed E-state index contributed by atoms with van der Waals surface area (Å²) in [6.45, 7) is 7.06. The molecule has 1 atom stereocenters. The van der Waals surface area contributed by atoms with Crippen LogP contribution in [0.15, 0.2) is 0 Å². The fraction of sp³-hybridized carbons (Fsp3) is 0.750. The van der Waals surface area contributed by atoms with Gasteiger partial charge in [-0.2, -0.15) is 0 Å². The monoisotopic (exact) mass is 191 g/mol. The number of rotatable bonds is 2. The molecule has 0 aromatic heterocycles. The van der Waals surface area contributed by atoms with Gasteiger partial charge in [-0.3, -0.25) is 9.59 Å². The van der Waals surface area contributed by atoms with Crippen LogP contribution in [0.5, 0.6) is 0 Å². The molecule has 0 fully saturated rings. The van der Waals surface area contributed by atoms with Crippen molar-refractivity contribution in [3.05, 3.63) is 0 Å². The van der Waals surface area contributed by atoms with Gasteiger partial charge in [-0.15, -0.1) is 0 Å². The molecular formula is C8H17NO2S. The van der Waals surface area contributed by atoms with Gasteiger partial charge in [0, 0.05) is 6.92 Å². The maximum atomic E-state index is 10.8. The lowest BCUT2D eigenvalue weighted by Gasteiger charge is -2.07. The first-order valence-electron chi connectivity index (χ1n) is 3.93. The van der Waals surface area contributed by atoms with Crippen molar-refractivity contribution >= 4 is 22.8 Å². The quantitative estimate of drug-likeness (QED) is 0.718. The summed E-state index contributed by atoms with van der Waals surface area (Å²) in [5.41, 5.74) is 0. The molecule has 4 heteroatoms. The lowest BCUT2D eigenvalue weighted by atomic mass is 10.4. The van der Waals surface area contributed by atoms with Crippen molar-refractivity contribution in [3.8, 4) is 0 Å². The molecule has 12 heavy (non-hydrogen) atoms. The first kappa shape index (κ1) is 14.0. The molecule has 0 heterocycles. The van der Waals surface area contributed by atoms with Gasteiger partial charge in [-0.05, 0) is 13.2 Å². The van der Waals surface area contributed by atoms with Gasteiger partial charge in [0.2, 0.25) is 11.0 Å². The van der Waals surface area contributed by atoms with E-state index in [4.69, 9.17) is 0 Å². The van der Waals surface area contributed by atoms with Crippen LogP contribution in [0.1, 0.15) is 27.7 Å². The minimum absolute atomic E-state index is 0.0183. The lowest BCUT2D eigenvalue weighted by molar-refractivity contribution is -0.122. The fourth-order valence-corrected chi connectivity index (χ4v) is 0.953. The number of thioether (sulfide) groups is 1. The number of amides is 1. The van der Waals surface area contributed by atoms with E-state index in [9.17, 15) is 9.59 Å². The molecule has 0 radical (unpaired) electrons. The van der Waals surface area contributed by atoms with E-state index in [-0.39, 0.29) is 17.1 Å². The Morgan fingerprint density at radius 1 is 1.33 bits per heavy atom. The number of nitrogens with one attached hydrogen (secondary N) is 1. The van der Waals surface area contributed by atoms with Crippen LogP contribution in [-0.2, 0) is 9.59 Å². The van der Waals surface area contributed by atoms with Gasteiger partial charge in [-0.25, -0.2) is 0 Å². The summed E-state index contributed by atoms with van der Waals surface area (Å²) < 4.78 is 0. The zero-order chi connectivity index (χ0) is 10.1. The second-order valence-corrected chi connectivity index (χ2v) is 2.76. The largest absolute Gasteiger partial charge is 0.346 e. The second-order valence-electron chi connectivity index (χ2n) is 1.95. The minimum Gasteiger partial charge on any atom is -0.346 e. The molecule has 0 aromatic rings. The molecule has 1 N–H and O–H groups in total. The van der Waals surface area contributed by atoms with Crippen molar-refractivity contribution in [1.29, 1.82) is 0 Å². The number of hydrogen-bond acceptors (Lipinski definition) is 3. The highest BCUT2D eigenvalue weighted by molar-refractivity contribution is 8.13. The van der Waals surface area contributed by atoms with Crippen molar-refractivity contribution in [1.82, 2.24) is 5.32 Å². The van der Waals surface area contributed by atoms with Crippen LogP contribution in [-0.4, -0.2) is 23.3 Å². The first-order valence-corrected chi connectivity index (χ1v) is 5.15. The van der Waals surface area contributed by atoms with Gasteiger partial charge in [0.1, 0.15) is 0 Å². The van der Waals surface area contributed by atoms with Crippen LogP contribution in [0.3, 0.4) is 0 Å². The highest BCUT2D eigenvalue weighted by Gasteiger charge is 2.10. The Hall–Kier alpha value is -0.510. The van der Waals surface area contributed by atoms with Gasteiger partial charge < -0.3 is 5.32 Å². The Kier molecular flexibility index (Phi) is 10.0. The van der Waals surface area contributed by atoms with E-state index in [0.717, 1.165) is 11.8 Å². The first-order chi connectivity index (χ1) is 5.57. The molecule has 0 aliphatic heterocycles. The Morgan fingerprint density at radius 2 is 1.75 bits per heavy atom. The highest BCUT2D eigenvalue weighted by Crippen LogP contribution is 1.98. The third kappa shape index (κ3) is 7.60. The standard InChI is InChI=1S/C6H11NO2S.C2H6/c1-4(6(9)10-3)7-5(2)8;1-2/h4H,1-3H3,(H,7,8);1-2H3. The molecule has 0 rings (SSSR count). The SMILES string of the molecule is CC.CSC(=O)C(C)NC(C)=O. The number of carbonyl (C=O) groups is 2. The third-order valence-electron chi connectivity index (χ3n) is 0.975. The van der Waals surface area contributed by atoms with Crippen molar-refractivity contribution < 1.29 is 9.59 Å². The van der Waals surface area contributed by atoms with Crippen molar-refractivity contribution in [2.75, 3.05) is 6.26 Å². The summed E-state index contributed by atoms with van der Waals surface area (Å²) in [5.74, 6) is -0.171. The zero-order valence-corrected chi connectivity index (χ0v) is 9.12. The van der Waals surface area contributed by atoms with Crippen LogP contribution in [0.4, 0.5) is 0 Å². The van der Waals surface area contributed by atoms with Crippen LogP contribution >= 0.6 is 11.8 Å². The van der Waals surface area contributed by atoms with Crippen LogP contribution in [0.2, 0.25) is 0 Å². The van der Waals surface area contributed by atoms with E-state index >= 15 is 0 Å². The maximum Gasteiger partial charge on any atom is 0.217 e. The van der Waals surface area contributed by atoms with Crippen LogP contribution < -0.4 is 5.32 Å². The summed E-state index contributed by atoms with van der Waals surface area (Å²) in [5, 5.41) is 2.47. The molecule has 0 saturated carbocycles. The topological polar surface area (TPSA) is 46.2 Å². The van der Waals surface area contributed by atoms with Crippen LogP contribution in [0.25, 0.3) is 0 Å². The Bertz CT molecular complexity index is 148. The smallest absolute Gasteiger partial charge is 0.217 e. The summed E-state index contributed by atoms with van der Waals surface area (Å²) in [6, 6.07) is -0.368. The van der Waals surface area contributed by atoms with Gasteiger partial charge in [0.05, 0.1) is 6.04 Å². The molecule has 1 unspecified atom stereocenters. The average molecular weight is 191 g/mol. The molecule has 0 saturated heterocycles. The summed E-state index contributed by atoms with van der Waals surface area (Å²) in [4.78, 5) is 21.2. The van der Waals surface area contributed by atoms with Gasteiger partial charge >= 0.3 is 0 Å². The summed E-state index contributed by atoms with van der Waals surface area (Å²) in [6.07, 6.45) is 1.70. The third-order valence-corrected chi connectivity index (χ3v) is 1.73. The van der Waals surface area contributed by atoms with Crippen molar-refractivity contribution in [3.63, 3.8) is 0 Å². The molecule has 1 amide bonds. The van der Waals surface area contributed by atoms with E-state index in [1.807, 2.05) is 13.8 Å². The molecule has 0 bridgehead atoms. The van der Waals surface area contributed by atoms with E-state index in [1.165, 1.54) is 6.92 Å².